The minimum Gasteiger partial charge on any atom is -0.398 e. The lowest BCUT2D eigenvalue weighted by molar-refractivity contribution is 0.628. The summed E-state index contributed by atoms with van der Waals surface area (Å²) in [4.78, 5) is 4.00. The summed E-state index contributed by atoms with van der Waals surface area (Å²) < 4.78 is 14.2. The van der Waals surface area contributed by atoms with E-state index < -0.39 is 0 Å². The van der Waals surface area contributed by atoms with Crippen LogP contribution in [0.1, 0.15) is 0 Å². The summed E-state index contributed by atoms with van der Waals surface area (Å²) in [5.41, 5.74) is 12.0. The molecule has 0 fully saturated rings. The summed E-state index contributed by atoms with van der Waals surface area (Å²) in [7, 11) is 1.67. The molecule has 15 heavy (non-hydrogen) atoms. The fourth-order valence-corrected chi connectivity index (χ4v) is 1.25. The molecule has 1 heterocycles. The molecule has 5 nitrogen and oxygen atoms in total. The zero-order chi connectivity index (χ0) is 11.0. The van der Waals surface area contributed by atoms with Crippen molar-refractivity contribution in [2.24, 2.45) is 7.05 Å². The molecule has 2 aromatic rings. The van der Waals surface area contributed by atoms with Crippen LogP contribution in [0, 0.1) is 5.82 Å². The highest BCUT2D eigenvalue weighted by Gasteiger charge is 2.10. The van der Waals surface area contributed by atoms with Crippen LogP contribution in [0.4, 0.5) is 16.0 Å². The minimum absolute atomic E-state index is 0.286. The Balaban J connectivity index is 2.54. The van der Waals surface area contributed by atoms with Gasteiger partial charge in [-0.05, 0) is 18.2 Å². The molecule has 0 aliphatic heterocycles. The lowest BCUT2D eigenvalue weighted by Crippen LogP contribution is -1.97. The molecule has 0 saturated carbocycles. The zero-order valence-corrected chi connectivity index (χ0v) is 8.11. The van der Waals surface area contributed by atoms with E-state index >= 15 is 0 Å². The zero-order valence-electron chi connectivity index (χ0n) is 8.11. The van der Waals surface area contributed by atoms with Gasteiger partial charge in [0.2, 0.25) is 5.95 Å². The summed E-state index contributed by atoms with van der Waals surface area (Å²) in [6.07, 6.45) is 0. The van der Waals surface area contributed by atoms with Gasteiger partial charge in [0.1, 0.15) is 5.82 Å². The highest BCUT2D eigenvalue weighted by Crippen LogP contribution is 2.23. The van der Waals surface area contributed by atoms with E-state index in [4.69, 9.17) is 11.5 Å². The van der Waals surface area contributed by atoms with E-state index in [0.717, 1.165) is 0 Å². The molecule has 0 spiro atoms. The van der Waals surface area contributed by atoms with Crippen LogP contribution in [0.25, 0.3) is 11.4 Å². The predicted octanol–water partition coefficient (Wildman–Crippen LogP) is 0.786. The van der Waals surface area contributed by atoms with E-state index in [1.807, 2.05) is 0 Å². The highest BCUT2D eigenvalue weighted by molar-refractivity contribution is 5.71. The van der Waals surface area contributed by atoms with Crippen LogP contribution in [0.2, 0.25) is 0 Å². The van der Waals surface area contributed by atoms with Crippen LogP contribution in [-0.2, 0) is 7.05 Å². The van der Waals surface area contributed by atoms with Crippen LogP contribution < -0.4 is 11.5 Å². The first-order valence-electron chi connectivity index (χ1n) is 4.30. The Morgan fingerprint density at radius 1 is 1.33 bits per heavy atom. The lowest BCUT2D eigenvalue weighted by atomic mass is 10.1. The van der Waals surface area contributed by atoms with Crippen LogP contribution in [0.15, 0.2) is 18.2 Å². The molecule has 78 valence electrons. The van der Waals surface area contributed by atoms with Crippen molar-refractivity contribution in [3.05, 3.63) is 24.0 Å². The van der Waals surface area contributed by atoms with Gasteiger partial charge < -0.3 is 11.5 Å². The topological polar surface area (TPSA) is 82.8 Å². The Morgan fingerprint density at radius 2 is 2.07 bits per heavy atom. The maximum absolute atomic E-state index is 12.8. The molecule has 0 aliphatic rings. The van der Waals surface area contributed by atoms with Crippen molar-refractivity contribution in [1.82, 2.24) is 14.8 Å². The van der Waals surface area contributed by atoms with Gasteiger partial charge in [0.15, 0.2) is 5.82 Å². The normalized spacial score (nSPS) is 10.5. The van der Waals surface area contributed by atoms with Crippen LogP contribution in [0.5, 0.6) is 0 Å². The average Bonchev–Trinajstić information content (AvgIpc) is 2.46. The maximum Gasteiger partial charge on any atom is 0.218 e. The van der Waals surface area contributed by atoms with Gasteiger partial charge >= 0.3 is 0 Å². The van der Waals surface area contributed by atoms with Crippen LogP contribution in [-0.4, -0.2) is 14.8 Å². The molecule has 1 aromatic carbocycles. The Bertz CT molecular complexity index is 486. The monoisotopic (exact) mass is 207 g/mol. The van der Waals surface area contributed by atoms with Crippen molar-refractivity contribution < 1.29 is 4.39 Å². The molecule has 6 heteroatoms. The van der Waals surface area contributed by atoms with Crippen molar-refractivity contribution in [1.29, 1.82) is 0 Å². The Morgan fingerprint density at radius 3 is 2.60 bits per heavy atom. The third-order valence-corrected chi connectivity index (χ3v) is 2.05. The summed E-state index contributed by atoms with van der Waals surface area (Å²) in [6, 6.07) is 4.06. The van der Waals surface area contributed by atoms with Gasteiger partial charge in [-0.15, -0.1) is 5.10 Å². The number of benzene rings is 1. The van der Waals surface area contributed by atoms with Crippen molar-refractivity contribution in [2.75, 3.05) is 11.5 Å². The molecule has 0 unspecified atom stereocenters. The number of hydrogen-bond acceptors (Lipinski definition) is 4. The number of rotatable bonds is 1. The number of aryl methyl sites for hydroxylation is 1. The maximum atomic E-state index is 12.8. The van der Waals surface area contributed by atoms with Gasteiger partial charge in [-0.3, -0.25) is 0 Å². The van der Waals surface area contributed by atoms with Crippen LogP contribution >= 0.6 is 0 Å². The first kappa shape index (κ1) is 9.45. The molecule has 0 saturated heterocycles. The number of nitrogen functional groups attached to an aromatic ring is 2. The Kier molecular flexibility index (Phi) is 2.03. The van der Waals surface area contributed by atoms with E-state index in [-0.39, 0.29) is 11.8 Å². The first-order chi connectivity index (χ1) is 7.08. The van der Waals surface area contributed by atoms with E-state index in [1.165, 1.54) is 22.9 Å². The van der Waals surface area contributed by atoms with E-state index in [1.54, 1.807) is 7.05 Å². The van der Waals surface area contributed by atoms with Gasteiger partial charge in [0, 0.05) is 18.3 Å². The molecule has 0 radical (unpaired) electrons. The number of nitrogens with two attached hydrogens (primary N) is 2. The molecule has 0 atom stereocenters. The smallest absolute Gasteiger partial charge is 0.218 e. The largest absolute Gasteiger partial charge is 0.398 e. The van der Waals surface area contributed by atoms with Crippen LogP contribution in [0.3, 0.4) is 0 Å². The van der Waals surface area contributed by atoms with Gasteiger partial charge in [-0.1, -0.05) is 0 Å². The second kappa shape index (κ2) is 3.23. The molecule has 0 aliphatic carbocycles. The predicted molar refractivity (Wildman–Crippen MR) is 55.2 cm³/mol. The highest BCUT2D eigenvalue weighted by atomic mass is 19.1. The average molecular weight is 207 g/mol. The van der Waals surface area contributed by atoms with Gasteiger partial charge in [-0.2, -0.15) is 4.98 Å². The molecular weight excluding hydrogens is 197 g/mol. The minimum atomic E-state index is -0.389. The second-order valence-electron chi connectivity index (χ2n) is 3.15. The number of aromatic nitrogens is 3. The van der Waals surface area contributed by atoms with E-state index in [9.17, 15) is 4.39 Å². The second-order valence-corrected chi connectivity index (χ2v) is 3.15. The first-order valence-corrected chi connectivity index (χ1v) is 4.30. The SMILES string of the molecule is Cn1nc(-c2ccc(F)cc2N)nc1N. The standard InChI is InChI=1S/C9H10FN5/c1-15-9(12)13-8(14-15)6-3-2-5(10)4-7(6)11/h2-4H,11H2,1H3,(H2,12,13,14). The molecule has 1 aromatic heterocycles. The number of hydrogen-bond donors (Lipinski definition) is 2. The van der Waals surface area contributed by atoms with Crippen molar-refractivity contribution in [3.63, 3.8) is 0 Å². The van der Waals surface area contributed by atoms with Crippen molar-refractivity contribution in [3.8, 4) is 11.4 Å². The van der Waals surface area contributed by atoms with E-state index in [2.05, 4.69) is 10.1 Å². The molecular formula is C9H10FN5. The van der Waals surface area contributed by atoms with Crippen molar-refractivity contribution in [2.45, 2.75) is 0 Å². The van der Waals surface area contributed by atoms with Gasteiger partial charge in [0.05, 0.1) is 0 Å². The Labute approximate surface area is 85.5 Å². The fourth-order valence-electron chi connectivity index (χ4n) is 1.25. The Hall–Kier alpha value is -2.11. The molecule has 2 rings (SSSR count). The quantitative estimate of drug-likeness (QED) is 0.677. The number of nitrogens with zero attached hydrogens (tertiary/aromatic N) is 3. The molecule has 0 amide bonds. The number of anilines is 2. The third-order valence-electron chi connectivity index (χ3n) is 2.05. The summed E-state index contributed by atoms with van der Waals surface area (Å²) in [6.45, 7) is 0. The van der Waals surface area contributed by atoms with Crippen molar-refractivity contribution >= 4 is 11.6 Å². The summed E-state index contributed by atoms with van der Waals surface area (Å²) in [5.74, 6) is 0.293. The molecule has 4 N–H and O–H groups in total. The fraction of sp³-hybridized carbons (Fsp3) is 0.111. The lowest BCUT2D eigenvalue weighted by Gasteiger charge is -2.00. The third kappa shape index (κ3) is 1.61. The van der Waals surface area contributed by atoms with E-state index in [0.29, 0.717) is 17.1 Å². The van der Waals surface area contributed by atoms with Gasteiger partial charge in [0.25, 0.3) is 0 Å². The molecule has 0 bridgehead atoms. The summed E-state index contributed by atoms with van der Waals surface area (Å²) in [5, 5.41) is 4.05. The summed E-state index contributed by atoms with van der Waals surface area (Å²) >= 11 is 0. The number of halogens is 1. The van der Waals surface area contributed by atoms with Gasteiger partial charge in [-0.25, -0.2) is 9.07 Å².